The van der Waals surface area contributed by atoms with Crippen LogP contribution in [0.5, 0.6) is 0 Å². The summed E-state index contributed by atoms with van der Waals surface area (Å²) >= 11 is 0. The second-order valence-corrected chi connectivity index (χ2v) is 6.31. The second kappa shape index (κ2) is 6.35. The zero-order valence-corrected chi connectivity index (χ0v) is 14.7. The zero-order valence-electron chi connectivity index (χ0n) is 14.7. The van der Waals surface area contributed by atoms with Crippen LogP contribution in [0.2, 0.25) is 0 Å². The van der Waals surface area contributed by atoms with Crippen molar-refractivity contribution in [1.29, 1.82) is 0 Å². The Labute approximate surface area is 152 Å². The van der Waals surface area contributed by atoms with Crippen molar-refractivity contribution in [3.8, 4) is 11.5 Å². The van der Waals surface area contributed by atoms with Gasteiger partial charge in [-0.15, -0.1) is 5.10 Å². The van der Waals surface area contributed by atoms with E-state index < -0.39 is 17.2 Å². The van der Waals surface area contributed by atoms with Crippen molar-refractivity contribution < 1.29 is 13.2 Å². The largest absolute Gasteiger partial charge is 0.437 e. The molecule has 4 rings (SSSR count). The number of nitrogens with zero attached hydrogens (tertiary/aromatic N) is 2. The average molecular weight is 366 g/mol. The van der Waals surface area contributed by atoms with Gasteiger partial charge in [0.05, 0.1) is 6.54 Å². The van der Waals surface area contributed by atoms with Crippen molar-refractivity contribution in [1.82, 2.24) is 9.78 Å². The van der Waals surface area contributed by atoms with Gasteiger partial charge in [0.2, 0.25) is 5.89 Å². The van der Waals surface area contributed by atoms with E-state index in [4.69, 9.17) is 8.83 Å². The number of aryl methyl sites for hydroxylation is 2. The van der Waals surface area contributed by atoms with Gasteiger partial charge in [-0.1, -0.05) is 12.1 Å². The SMILES string of the molecule is Cc1ccc2c(Cn3nc(-c4ccc(F)cc4)oc3=O)cc(=O)oc2c1C. The number of aromatic nitrogens is 2. The molecule has 4 aromatic rings. The fourth-order valence-corrected chi connectivity index (χ4v) is 2.93. The molecule has 0 fully saturated rings. The first-order valence-electron chi connectivity index (χ1n) is 8.29. The molecule has 0 radical (unpaired) electrons. The van der Waals surface area contributed by atoms with Crippen molar-refractivity contribution in [2.75, 3.05) is 0 Å². The predicted molar refractivity (Wildman–Crippen MR) is 97.2 cm³/mol. The third kappa shape index (κ3) is 3.08. The highest BCUT2D eigenvalue weighted by Crippen LogP contribution is 2.24. The Kier molecular flexibility index (Phi) is 3.99. The number of fused-ring (bicyclic) bond motifs is 1. The monoisotopic (exact) mass is 366 g/mol. The maximum absolute atomic E-state index is 13.1. The molecule has 27 heavy (non-hydrogen) atoms. The lowest BCUT2D eigenvalue weighted by atomic mass is 10.0. The van der Waals surface area contributed by atoms with E-state index in [1.54, 1.807) is 0 Å². The van der Waals surface area contributed by atoms with Crippen LogP contribution >= 0.6 is 0 Å². The maximum atomic E-state index is 13.1. The lowest BCUT2D eigenvalue weighted by Crippen LogP contribution is -2.18. The molecule has 136 valence electrons. The number of benzene rings is 2. The van der Waals surface area contributed by atoms with E-state index in [0.717, 1.165) is 21.2 Å². The van der Waals surface area contributed by atoms with E-state index >= 15 is 0 Å². The summed E-state index contributed by atoms with van der Waals surface area (Å²) in [6.07, 6.45) is 0. The van der Waals surface area contributed by atoms with Crippen molar-refractivity contribution in [2.45, 2.75) is 20.4 Å². The van der Waals surface area contributed by atoms with Gasteiger partial charge in [0.25, 0.3) is 0 Å². The van der Waals surface area contributed by atoms with Gasteiger partial charge in [0.1, 0.15) is 11.4 Å². The Morgan fingerprint density at radius 3 is 2.52 bits per heavy atom. The molecule has 0 saturated carbocycles. The fourth-order valence-electron chi connectivity index (χ4n) is 2.93. The van der Waals surface area contributed by atoms with Crippen LogP contribution in [0.15, 0.2) is 60.9 Å². The maximum Gasteiger partial charge on any atom is 0.437 e. The van der Waals surface area contributed by atoms with Gasteiger partial charge < -0.3 is 8.83 Å². The number of hydrogen-bond acceptors (Lipinski definition) is 5. The summed E-state index contributed by atoms with van der Waals surface area (Å²) < 4.78 is 24.7. The highest BCUT2D eigenvalue weighted by atomic mass is 19.1. The van der Waals surface area contributed by atoms with Gasteiger partial charge in [0, 0.05) is 17.0 Å². The molecule has 0 amide bonds. The zero-order chi connectivity index (χ0) is 19.1. The van der Waals surface area contributed by atoms with E-state index in [0.29, 0.717) is 16.7 Å². The Hall–Kier alpha value is -3.48. The van der Waals surface area contributed by atoms with Crippen LogP contribution in [0.25, 0.3) is 22.4 Å². The molecule has 7 heteroatoms. The second-order valence-electron chi connectivity index (χ2n) is 6.31. The van der Waals surface area contributed by atoms with Crippen LogP contribution in [0.3, 0.4) is 0 Å². The van der Waals surface area contributed by atoms with E-state index in [-0.39, 0.29) is 12.4 Å². The first-order valence-corrected chi connectivity index (χ1v) is 8.29. The summed E-state index contributed by atoms with van der Waals surface area (Å²) in [5, 5.41) is 4.90. The summed E-state index contributed by atoms with van der Waals surface area (Å²) in [4.78, 5) is 24.2. The predicted octanol–water partition coefficient (Wildman–Crippen LogP) is 3.41. The van der Waals surface area contributed by atoms with Crippen LogP contribution in [0.1, 0.15) is 16.7 Å². The molecule has 0 saturated heterocycles. The van der Waals surface area contributed by atoms with Crippen molar-refractivity contribution in [3.05, 3.63) is 85.9 Å². The van der Waals surface area contributed by atoms with Crippen LogP contribution < -0.4 is 11.4 Å². The topological polar surface area (TPSA) is 78.2 Å². The third-order valence-electron chi connectivity index (χ3n) is 4.53. The minimum atomic E-state index is -0.667. The smallest absolute Gasteiger partial charge is 0.422 e. The summed E-state index contributed by atoms with van der Waals surface area (Å²) in [7, 11) is 0. The third-order valence-corrected chi connectivity index (χ3v) is 4.53. The molecule has 2 aromatic heterocycles. The van der Waals surface area contributed by atoms with E-state index in [2.05, 4.69) is 5.10 Å². The van der Waals surface area contributed by atoms with E-state index in [1.807, 2.05) is 26.0 Å². The molecular formula is C20H15FN2O4. The standard InChI is InChI=1S/C20H15FN2O4/c1-11-3-8-16-14(9-17(24)26-18(16)12(11)2)10-23-20(25)27-19(22-23)13-4-6-15(21)7-5-13/h3-9H,10H2,1-2H3. The first-order chi connectivity index (χ1) is 12.9. The normalized spacial score (nSPS) is 11.2. The molecule has 0 aliphatic carbocycles. The van der Waals surface area contributed by atoms with Crippen molar-refractivity contribution in [3.63, 3.8) is 0 Å². The van der Waals surface area contributed by atoms with Crippen molar-refractivity contribution in [2.24, 2.45) is 0 Å². The molecule has 0 spiro atoms. The average Bonchev–Trinajstić information content (AvgIpc) is 3.00. The molecule has 0 aliphatic heterocycles. The molecule has 0 atom stereocenters. The summed E-state index contributed by atoms with van der Waals surface area (Å²) in [5.41, 5.74) is 2.95. The van der Waals surface area contributed by atoms with Gasteiger partial charge in [-0.05, 0) is 54.8 Å². The lowest BCUT2D eigenvalue weighted by Gasteiger charge is -2.08. The van der Waals surface area contributed by atoms with Gasteiger partial charge in [-0.3, -0.25) is 0 Å². The Balaban J connectivity index is 1.79. The quantitative estimate of drug-likeness (QED) is 0.519. The van der Waals surface area contributed by atoms with E-state index in [1.165, 1.54) is 30.3 Å². The first kappa shape index (κ1) is 17.0. The van der Waals surface area contributed by atoms with Crippen LogP contribution in [-0.2, 0) is 6.54 Å². The van der Waals surface area contributed by atoms with Crippen LogP contribution in [-0.4, -0.2) is 9.78 Å². The number of hydrogen-bond donors (Lipinski definition) is 0. The van der Waals surface area contributed by atoms with Gasteiger partial charge in [0.15, 0.2) is 0 Å². The minimum absolute atomic E-state index is 0.0497. The van der Waals surface area contributed by atoms with Gasteiger partial charge in [-0.25, -0.2) is 14.0 Å². The summed E-state index contributed by atoms with van der Waals surface area (Å²) in [5.74, 6) is -0.979. The number of rotatable bonds is 3. The highest BCUT2D eigenvalue weighted by molar-refractivity contribution is 5.83. The molecule has 2 heterocycles. The molecule has 0 N–H and O–H groups in total. The molecule has 0 aliphatic rings. The van der Waals surface area contributed by atoms with Gasteiger partial charge >= 0.3 is 11.4 Å². The molecule has 0 bridgehead atoms. The minimum Gasteiger partial charge on any atom is -0.422 e. The van der Waals surface area contributed by atoms with Crippen LogP contribution in [0, 0.1) is 19.7 Å². The summed E-state index contributed by atoms with van der Waals surface area (Å²) in [6.45, 7) is 3.85. The molecule has 2 aromatic carbocycles. The van der Waals surface area contributed by atoms with E-state index in [9.17, 15) is 14.0 Å². The molecular weight excluding hydrogens is 351 g/mol. The molecule has 0 unspecified atom stereocenters. The Morgan fingerprint density at radius 1 is 1.04 bits per heavy atom. The van der Waals surface area contributed by atoms with Gasteiger partial charge in [-0.2, -0.15) is 4.68 Å². The lowest BCUT2D eigenvalue weighted by molar-refractivity contribution is 0.494. The fraction of sp³-hybridized carbons (Fsp3) is 0.150. The van der Waals surface area contributed by atoms with Crippen LogP contribution in [0.4, 0.5) is 4.39 Å². The summed E-state index contributed by atoms with van der Waals surface area (Å²) in [6, 6.07) is 10.6. The van der Waals surface area contributed by atoms with Crippen molar-refractivity contribution >= 4 is 11.0 Å². The Bertz CT molecular complexity index is 1270. The molecule has 6 nitrogen and oxygen atoms in total. The Morgan fingerprint density at radius 2 is 1.78 bits per heavy atom. The highest BCUT2D eigenvalue weighted by Gasteiger charge is 2.14. The number of halogens is 1.